The molecule has 168 valence electrons. The van der Waals surface area contributed by atoms with E-state index in [1.165, 1.54) is 0 Å². The smallest absolute Gasteiger partial charge is 0.256 e. The number of benzene rings is 3. The van der Waals surface area contributed by atoms with Gasteiger partial charge >= 0.3 is 0 Å². The Morgan fingerprint density at radius 1 is 1.15 bits per heavy atom. The van der Waals surface area contributed by atoms with Crippen LogP contribution in [0.4, 0.5) is 5.69 Å². The fourth-order valence-electron chi connectivity index (χ4n) is 5.24. The SMILES string of the molecule is CN1C[C@H](c2cc(Br)ccc2OCc2ccccc2)[C@H]([N+](=O)[O-])[C@@]12C(=O)Nc1ccccc12. The van der Waals surface area contributed by atoms with Crippen molar-refractivity contribution in [1.29, 1.82) is 0 Å². The molecule has 1 amide bonds. The van der Waals surface area contributed by atoms with E-state index >= 15 is 0 Å². The first kappa shape index (κ1) is 21.6. The van der Waals surface area contributed by atoms with Gasteiger partial charge in [0.05, 0.1) is 5.92 Å². The summed E-state index contributed by atoms with van der Waals surface area (Å²) >= 11 is 3.51. The van der Waals surface area contributed by atoms with E-state index in [-0.39, 0.29) is 10.8 Å². The lowest BCUT2D eigenvalue weighted by molar-refractivity contribution is -0.534. The highest BCUT2D eigenvalue weighted by atomic mass is 79.9. The average molecular weight is 508 g/mol. The van der Waals surface area contributed by atoms with Gasteiger partial charge in [-0.1, -0.05) is 64.5 Å². The summed E-state index contributed by atoms with van der Waals surface area (Å²) in [7, 11) is 1.78. The monoisotopic (exact) mass is 507 g/mol. The molecule has 8 heteroatoms. The Morgan fingerprint density at radius 3 is 2.64 bits per heavy atom. The molecule has 3 aromatic rings. The van der Waals surface area contributed by atoms with Crippen molar-refractivity contribution in [2.75, 3.05) is 18.9 Å². The number of fused-ring (bicyclic) bond motifs is 2. The zero-order valence-corrected chi connectivity index (χ0v) is 19.5. The van der Waals surface area contributed by atoms with Crippen molar-refractivity contribution < 1.29 is 14.5 Å². The molecule has 0 aromatic heterocycles. The van der Waals surface area contributed by atoms with Gasteiger partial charge in [0.15, 0.2) is 5.54 Å². The minimum atomic E-state index is -1.39. The number of carbonyl (C=O) groups excluding carboxylic acids is 1. The Balaban J connectivity index is 1.59. The summed E-state index contributed by atoms with van der Waals surface area (Å²) in [6.07, 6.45) is 0. The van der Waals surface area contributed by atoms with Crippen molar-refractivity contribution in [1.82, 2.24) is 4.90 Å². The van der Waals surface area contributed by atoms with E-state index in [1.807, 2.05) is 65.6 Å². The van der Waals surface area contributed by atoms with Gasteiger partial charge in [-0.25, -0.2) is 0 Å². The van der Waals surface area contributed by atoms with Gasteiger partial charge in [-0.15, -0.1) is 0 Å². The molecular weight excluding hydrogens is 486 g/mol. The highest BCUT2D eigenvalue weighted by Gasteiger charge is 2.68. The normalized spacial score (nSPS) is 24.0. The molecule has 0 aliphatic carbocycles. The van der Waals surface area contributed by atoms with Crippen molar-refractivity contribution in [3.05, 3.63) is 104 Å². The number of carbonyl (C=O) groups is 1. The van der Waals surface area contributed by atoms with Crippen LogP contribution in [0.25, 0.3) is 0 Å². The number of anilines is 1. The molecule has 1 saturated heterocycles. The Bertz CT molecular complexity index is 1240. The molecular formula is C25H22BrN3O4. The lowest BCUT2D eigenvalue weighted by atomic mass is 9.79. The van der Waals surface area contributed by atoms with Crippen molar-refractivity contribution in [2.24, 2.45) is 0 Å². The quantitative estimate of drug-likeness (QED) is 0.404. The summed E-state index contributed by atoms with van der Waals surface area (Å²) in [6.45, 7) is 0.682. The number of ether oxygens (including phenoxy) is 1. The van der Waals surface area contributed by atoms with Crippen LogP contribution < -0.4 is 10.1 Å². The molecule has 2 heterocycles. The summed E-state index contributed by atoms with van der Waals surface area (Å²) in [5.74, 6) is -0.335. The van der Waals surface area contributed by atoms with Crippen LogP contribution in [0.1, 0.15) is 22.6 Å². The molecule has 0 saturated carbocycles. The van der Waals surface area contributed by atoms with Crippen LogP contribution in [0.3, 0.4) is 0 Å². The van der Waals surface area contributed by atoms with Crippen LogP contribution in [0.15, 0.2) is 77.3 Å². The number of amides is 1. The minimum Gasteiger partial charge on any atom is -0.489 e. The Kier molecular flexibility index (Phi) is 5.42. The Morgan fingerprint density at radius 2 is 1.88 bits per heavy atom. The van der Waals surface area contributed by atoms with Gasteiger partial charge in [-0.3, -0.25) is 19.8 Å². The number of likely N-dealkylation sites (N-methyl/N-ethyl adjacent to an activating group) is 1. The van der Waals surface area contributed by atoms with Crippen LogP contribution >= 0.6 is 15.9 Å². The maximum atomic E-state index is 13.3. The molecule has 5 rings (SSSR count). The lowest BCUT2D eigenvalue weighted by Gasteiger charge is -2.30. The Labute approximate surface area is 199 Å². The number of nitrogens with zero attached hydrogens (tertiary/aromatic N) is 2. The maximum Gasteiger partial charge on any atom is 0.256 e. The largest absolute Gasteiger partial charge is 0.489 e. The first-order valence-corrected chi connectivity index (χ1v) is 11.4. The van der Waals surface area contributed by atoms with Crippen LogP contribution in [-0.2, 0) is 16.9 Å². The van der Waals surface area contributed by atoms with Crippen molar-refractivity contribution >= 4 is 27.5 Å². The summed E-state index contributed by atoms with van der Waals surface area (Å²) < 4.78 is 6.94. The summed E-state index contributed by atoms with van der Waals surface area (Å²) in [6, 6.07) is 21.3. The van der Waals surface area contributed by atoms with Gasteiger partial charge in [0.2, 0.25) is 0 Å². The maximum absolute atomic E-state index is 13.3. The Hall–Kier alpha value is -3.23. The highest BCUT2D eigenvalue weighted by Crippen LogP contribution is 2.53. The molecule has 3 aromatic carbocycles. The van der Waals surface area contributed by atoms with Crippen molar-refractivity contribution in [3.8, 4) is 5.75 Å². The third-order valence-electron chi connectivity index (χ3n) is 6.65. The predicted molar refractivity (Wildman–Crippen MR) is 128 cm³/mol. The van der Waals surface area contributed by atoms with Crippen LogP contribution in [0.2, 0.25) is 0 Å². The van der Waals surface area contributed by atoms with Gasteiger partial charge in [0.25, 0.3) is 11.9 Å². The third kappa shape index (κ3) is 3.41. The predicted octanol–water partition coefficient (Wildman–Crippen LogP) is 4.55. The molecule has 1 N–H and O–H groups in total. The van der Waals surface area contributed by atoms with E-state index in [2.05, 4.69) is 21.2 Å². The number of nitrogens with one attached hydrogen (secondary N) is 1. The van der Waals surface area contributed by atoms with Crippen LogP contribution in [0.5, 0.6) is 5.75 Å². The van der Waals surface area contributed by atoms with Gasteiger partial charge in [-0.2, -0.15) is 0 Å². The highest BCUT2D eigenvalue weighted by molar-refractivity contribution is 9.10. The van der Waals surface area contributed by atoms with E-state index in [4.69, 9.17) is 4.74 Å². The summed E-state index contributed by atoms with van der Waals surface area (Å²) in [5, 5.41) is 15.4. The molecule has 0 radical (unpaired) electrons. The van der Waals surface area contributed by atoms with Crippen molar-refractivity contribution in [2.45, 2.75) is 24.1 Å². The van der Waals surface area contributed by atoms with Crippen LogP contribution in [0, 0.1) is 10.1 Å². The first-order chi connectivity index (χ1) is 15.9. The second kappa shape index (κ2) is 8.28. The van der Waals surface area contributed by atoms with Crippen LogP contribution in [-0.4, -0.2) is 35.4 Å². The zero-order valence-electron chi connectivity index (χ0n) is 17.9. The second-order valence-corrected chi connectivity index (χ2v) is 9.36. The fourth-order valence-corrected chi connectivity index (χ4v) is 5.62. The lowest BCUT2D eigenvalue weighted by Crippen LogP contribution is -2.54. The molecule has 7 nitrogen and oxygen atoms in total. The average Bonchev–Trinajstić information content (AvgIpc) is 3.28. The minimum absolute atomic E-state index is 0.308. The topological polar surface area (TPSA) is 84.7 Å². The third-order valence-corrected chi connectivity index (χ3v) is 7.14. The van der Waals surface area contributed by atoms with E-state index in [9.17, 15) is 14.9 Å². The van der Waals surface area contributed by atoms with E-state index in [1.54, 1.807) is 19.2 Å². The molecule has 1 spiro atoms. The number of likely N-dealkylation sites (tertiary alicyclic amines) is 1. The number of hydrogen-bond acceptors (Lipinski definition) is 5. The number of hydrogen-bond donors (Lipinski definition) is 1. The number of para-hydroxylation sites is 1. The van der Waals surface area contributed by atoms with E-state index in [0.717, 1.165) is 10.0 Å². The molecule has 33 heavy (non-hydrogen) atoms. The molecule has 3 atom stereocenters. The standard InChI is InChI=1S/C25H22BrN3O4/c1-28-14-19(18-13-17(26)11-12-22(18)33-15-16-7-3-2-4-8-16)23(29(31)32)25(28)20-9-5-6-10-21(20)27-24(25)30/h2-13,19,23H,14-15H2,1H3,(H,27,30)/t19-,23+,25+/m1/s1. The molecule has 2 aliphatic rings. The molecule has 0 unspecified atom stereocenters. The van der Waals surface area contributed by atoms with Gasteiger partial charge < -0.3 is 10.1 Å². The number of rotatable bonds is 5. The van der Waals surface area contributed by atoms with Gasteiger partial charge in [0, 0.05) is 32.8 Å². The summed E-state index contributed by atoms with van der Waals surface area (Å²) in [4.78, 5) is 27.4. The molecule has 0 bridgehead atoms. The second-order valence-electron chi connectivity index (χ2n) is 8.44. The zero-order chi connectivity index (χ0) is 23.2. The van der Waals surface area contributed by atoms with Gasteiger partial charge in [0.1, 0.15) is 12.4 Å². The van der Waals surface area contributed by atoms with E-state index < -0.39 is 17.5 Å². The number of halogens is 1. The fraction of sp³-hybridized carbons (Fsp3) is 0.240. The first-order valence-electron chi connectivity index (χ1n) is 10.6. The van der Waals surface area contributed by atoms with E-state index in [0.29, 0.717) is 35.7 Å². The molecule has 2 aliphatic heterocycles. The van der Waals surface area contributed by atoms with Gasteiger partial charge in [-0.05, 0) is 36.9 Å². The van der Waals surface area contributed by atoms with Crippen molar-refractivity contribution in [3.63, 3.8) is 0 Å². The summed E-state index contributed by atoms with van der Waals surface area (Å²) in [5.41, 5.74) is 1.59. The number of nitro groups is 1. The molecule has 1 fully saturated rings.